The van der Waals surface area contributed by atoms with Crippen LogP contribution in [0.1, 0.15) is 32.1 Å². The van der Waals surface area contributed by atoms with Gasteiger partial charge in [0.25, 0.3) is 0 Å². The van der Waals surface area contributed by atoms with Gasteiger partial charge in [0.05, 0.1) is 17.4 Å². The molecule has 2 saturated heterocycles. The summed E-state index contributed by atoms with van der Waals surface area (Å²) in [5, 5.41) is 7.99. The lowest BCUT2D eigenvalue weighted by Gasteiger charge is -2.40. The van der Waals surface area contributed by atoms with Gasteiger partial charge in [0.2, 0.25) is 17.7 Å². The zero-order chi connectivity index (χ0) is 27.3. The van der Waals surface area contributed by atoms with Crippen molar-refractivity contribution in [3.63, 3.8) is 0 Å². The van der Waals surface area contributed by atoms with Crippen molar-refractivity contribution >= 4 is 50.6 Å². The first kappa shape index (κ1) is 26.2. The van der Waals surface area contributed by atoms with Gasteiger partial charge >= 0.3 is 0 Å². The molecule has 0 radical (unpaired) electrons. The summed E-state index contributed by atoms with van der Waals surface area (Å²) >= 11 is 1.51. The van der Waals surface area contributed by atoms with Gasteiger partial charge in [-0.2, -0.15) is 4.98 Å². The molecule has 0 spiro atoms. The minimum Gasteiger partial charge on any atom is -0.437 e. The van der Waals surface area contributed by atoms with E-state index in [1.807, 2.05) is 35.8 Å². The van der Waals surface area contributed by atoms with Crippen molar-refractivity contribution in [1.82, 2.24) is 19.9 Å². The van der Waals surface area contributed by atoms with Crippen LogP contribution in [-0.2, 0) is 4.79 Å². The molecule has 10 heteroatoms. The fourth-order valence-electron chi connectivity index (χ4n) is 5.42. The Morgan fingerprint density at radius 3 is 2.65 bits per heavy atom. The molecule has 1 aromatic carbocycles. The maximum Gasteiger partial charge on any atom is 0.247 e. The second kappa shape index (κ2) is 12.0. The van der Waals surface area contributed by atoms with Gasteiger partial charge in [0, 0.05) is 30.9 Å². The average Bonchev–Trinajstić information content (AvgIpc) is 3.47. The second-order valence-electron chi connectivity index (χ2n) is 10.2. The fourth-order valence-corrected chi connectivity index (χ4v) is 6.18. The van der Waals surface area contributed by atoms with Gasteiger partial charge in [-0.25, -0.2) is 9.97 Å². The van der Waals surface area contributed by atoms with Crippen LogP contribution >= 0.6 is 11.3 Å². The molecular formula is C30H33N7O2S. The van der Waals surface area contributed by atoms with Gasteiger partial charge in [-0.15, -0.1) is 11.3 Å². The number of carbonyl (C=O) groups is 1. The molecule has 206 valence electrons. The summed E-state index contributed by atoms with van der Waals surface area (Å²) in [6, 6.07) is 13.9. The summed E-state index contributed by atoms with van der Waals surface area (Å²) in [4.78, 5) is 30.8. The third-order valence-corrected chi connectivity index (χ3v) is 8.37. The summed E-state index contributed by atoms with van der Waals surface area (Å²) in [5.41, 5.74) is 2.20. The number of nitrogens with one attached hydrogen (secondary N) is 2. The van der Waals surface area contributed by atoms with Crippen molar-refractivity contribution in [2.75, 3.05) is 41.7 Å². The third kappa shape index (κ3) is 6.08. The zero-order valence-corrected chi connectivity index (χ0v) is 23.2. The van der Waals surface area contributed by atoms with Crippen LogP contribution in [0, 0.1) is 0 Å². The number of nitrogens with zero attached hydrogens (tertiary/aromatic N) is 5. The van der Waals surface area contributed by atoms with Crippen LogP contribution in [0.15, 0.2) is 66.7 Å². The first-order chi connectivity index (χ1) is 19.6. The lowest BCUT2D eigenvalue weighted by Crippen LogP contribution is -2.46. The van der Waals surface area contributed by atoms with Gasteiger partial charge in [0.1, 0.15) is 16.3 Å². The summed E-state index contributed by atoms with van der Waals surface area (Å²) in [7, 11) is 0. The molecule has 9 nitrogen and oxygen atoms in total. The number of pyridine rings is 1. The molecule has 2 aliphatic rings. The summed E-state index contributed by atoms with van der Waals surface area (Å²) < 4.78 is 6.99. The molecule has 0 aliphatic carbocycles. The van der Waals surface area contributed by atoms with E-state index in [9.17, 15) is 4.79 Å². The predicted molar refractivity (Wildman–Crippen MR) is 161 cm³/mol. The Bertz CT molecular complexity index is 1480. The van der Waals surface area contributed by atoms with Crippen molar-refractivity contribution in [3.05, 3.63) is 66.7 Å². The highest BCUT2D eigenvalue weighted by molar-refractivity contribution is 7.17. The summed E-state index contributed by atoms with van der Waals surface area (Å²) in [5.74, 6) is 2.14. The first-order valence-electron chi connectivity index (χ1n) is 13.8. The number of hydrogen-bond acceptors (Lipinski definition) is 9. The van der Waals surface area contributed by atoms with Crippen LogP contribution in [0.5, 0.6) is 11.6 Å². The Hall–Kier alpha value is -4.02. The van der Waals surface area contributed by atoms with E-state index in [1.54, 1.807) is 12.1 Å². The van der Waals surface area contributed by atoms with Crippen LogP contribution in [0.25, 0.3) is 10.2 Å². The minimum absolute atomic E-state index is 0.284. The fraction of sp³-hybridized carbons (Fsp3) is 0.333. The van der Waals surface area contributed by atoms with Crippen molar-refractivity contribution < 1.29 is 9.53 Å². The maximum atomic E-state index is 11.7. The van der Waals surface area contributed by atoms with Gasteiger partial charge in [0.15, 0.2) is 0 Å². The molecule has 0 bridgehead atoms. The molecule has 2 fully saturated rings. The van der Waals surface area contributed by atoms with E-state index in [-0.39, 0.29) is 5.91 Å². The van der Waals surface area contributed by atoms with Crippen LogP contribution < -0.4 is 20.3 Å². The number of hydrogen-bond donors (Lipinski definition) is 2. The maximum absolute atomic E-state index is 11.7. The van der Waals surface area contributed by atoms with Crippen molar-refractivity contribution in [1.29, 1.82) is 0 Å². The zero-order valence-electron chi connectivity index (χ0n) is 22.4. The van der Waals surface area contributed by atoms with Crippen molar-refractivity contribution in [2.24, 2.45) is 0 Å². The molecule has 0 unspecified atom stereocenters. The van der Waals surface area contributed by atoms with E-state index >= 15 is 0 Å². The molecule has 0 saturated carbocycles. The predicted octanol–water partition coefficient (Wildman–Crippen LogP) is 6.20. The quantitative estimate of drug-likeness (QED) is 0.248. The van der Waals surface area contributed by atoms with E-state index in [4.69, 9.17) is 9.72 Å². The van der Waals surface area contributed by atoms with E-state index in [0.717, 1.165) is 34.8 Å². The number of likely N-dealkylation sites (tertiary alicyclic amines) is 1. The van der Waals surface area contributed by atoms with E-state index < -0.39 is 0 Å². The molecule has 1 amide bonds. The molecule has 5 heterocycles. The largest absolute Gasteiger partial charge is 0.437 e. The summed E-state index contributed by atoms with van der Waals surface area (Å²) in [6.45, 7) is 8.09. The number of amides is 1. The highest BCUT2D eigenvalue weighted by Crippen LogP contribution is 2.34. The highest BCUT2D eigenvalue weighted by Gasteiger charge is 2.26. The molecular weight excluding hydrogens is 522 g/mol. The number of ether oxygens (including phenoxy) is 1. The molecule has 6 rings (SSSR count). The minimum atomic E-state index is -0.284. The Balaban J connectivity index is 1.12. The molecule has 4 aromatic rings. The Morgan fingerprint density at radius 1 is 1.02 bits per heavy atom. The number of piperidine rings is 2. The average molecular weight is 556 g/mol. The lowest BCUT2D eigenvalue weighted by molar-refractivity contribution is -0.111. The van der Waals surface area contributed by atoms with Crippen LogP contribution in [0.3, 0.4) is 0 Å². The van der Waals surface area contributed by atoms with Crippen LogP contribution in [-0.4, -0.2) is 58.0 Å². The number of anilines is 4. The second-order valence-corrected chi connectivity index (χ2v) is 11.1. The first-order valence-corrected chi connectivity index (χ1v) is 14.7. The van der Waals surface area contributed by atoms with Gasteiger partial charge in [-0.05, 0) is 80.6 Å². The van der Waals surface area contributed by atoms with Gasteiger partial charge in [-0.1, -0.05) is 19.1 Å². The Morgan fingerprint density at radius 2 is 1.88 bits per heavy atom. The SMILES string of the molecule is C=CC(=O)Nc1cccc(Oc2nc(Nc3ccc(N4CCC(N5CCCCC5)CC4)nc3)nc3ccsc23)c1. The number of rotatable bonds is 8. The number of thiophene rings is 1. The van der Waals surface area contributed by atoms with Crippen LogP contribution in [0.2, 0.25) is 0 Å². The normalized spacial score (nSPS) is 16.6. The smallest absolute Gasteiger partial charge is 0.247 e. The molecule has 0 atom stereocenters. The Kier molecular flexibility index (Phi) is 7.87. The number of carbonyl (C=O) groups excluding carboxylic acids is 1. The van der Waals surface area contributed by atoms with Gasteiger partial charge in [-0.3, -0.25) is 4.79 Å². The summed E-state index contributed by atoms with van der Waals surface area (Å²) in [6.07, 6.45) is 9.52. The van der Waals surface area contributed by atoms with Crippen molar-refractivity contribution in [2.45, 2.75) is 38.1 Å². The van der Waals surface area contributed by atoms with Gasteiger partial charge < -0.3 is 25.2 Å². The molecule has 40 heavy (non-hydrogen) atoms. The Labute approximate surface area is 237 Å². The van der Waals surface area contributed by atoms with E-state index in [2.05, 4.69) is 43.0 Å². The monoisotopic (exact) mass is 555 g/mol. The topological polar surface area (TPSA) is 95.5 Å². The van der Waals surface area contributed by atoms with E-state index in [0.29, 0.717) is 29.3 Å². The standard InChI is InChI=1S/C30H33N7O2S/c1-2-27(38)32-21-7-6-8-24(19-21)39-29-28-25(13-18-40-28)34-30(35-29)33-22-9-10-26(31-20-22)37-16-11-23(12-17-37)36-14-4-3-5-15-36/h2,6-10,13,18-20,23H,1,3-5,11-12,14-17H2,(H,32,38)(H,33,34,35). The third-order valence-electron chi connectivity index (χ3n) is 7.47. The molecule has 2 aliphatic heterocycles. The van der Waals surface area contributed by atoms with Crippen LogP contribution in [0.4, 0.5) is 23.1 Å². The lowest BCUT2D eigenvalue weighted by atomic mass is 10.00. The highest BCUT2D eigenvalue weighted by atomic mass is 32.1. The van der Waals surface area contributed by atoms with E-state index in [1.165, 1.54) is 62.6 Å². The molecule has 3 aromatic heterocycles. The molecule has 2 N–H and O–H groups in total. The van der Waals surface area contributed by atoms with Crippen molar-refractivity contribution in [3.8, 4) is 11.6 Å². The number of fused-ring (bicyclic) bond motifs is 1. The number of aromatic nitrogens is 3. The number of benzene rings is 1.